The average molecular weight is 328 g/mol. The summed E-state index contributed by atoms with van der Waals surface area (Å²) in [5.41, 5.74) is -6.45. The van der Waals surface area contributed by atoms with Gasteiger partial charge in [-0.1, -0.05) is 0 Å². The molecule has 0 unspecified atom stereocenters. The Morgan fingerprint density at radius 1 is 1.43 bits per heavy atom. The number of hydrogen-bond acceptors (Lipinski definition) is 6. The molecule has 1 saturated heterocycles. The number of ether oxygens (including phenoxy) is 2. The van der Waals surface area contributed by atoms with E-state index in [9.17, 15) is 26.4 Å². The van der Waals surface area contributed by atoms with E-state index in [-0.39, 0.29) is 12.8 Å². The van der Waals surface area contributed by atoms with Crippen molar-refractivity contribution in [1.82, 2.24) is 0 Å². The van der Waals surface area contributed by atoms with Crippen LogP contribution in [0, 0.1) is 11.8 Å². The fourth-order valence-corrected chi connectivity index (χ4v) is 3.77. The molecule has 118 valence electrons. The zero-order valence-corrected chi connectivity index (χ0v) is 11.5. The minimum atomic E-state index is -5.76. The van der Waals surface area contributed by atoms with Gasteiger partial charge < -0.3 is 13.7 Å². The summed E-state index contributed by atoms with van der Waals surface area (Å²) in [5.74, 6) is -2.09. The quantitative estimate of drug-likeness (QED) is 0.433. The van der Waals surface area contributed by atoms with Crippen molar-refractivity contribution < 1.29 is 40.0 Å². The van der Waals surface area contributed by atoms with Crippen LogP contribution in [-0.2, 0) is 28.6 Å². The van der Waals surface area contributed by atoms with E-state index in [1.165, 1.54) is 0 Å². The highest BCUT2D eigenvalue weighted by Gasteiger charge is 2.63. The molecule has 0 spiro atoms. The van der Waals surface area contributed by atoms with Crippen LogP contribution >= 0.6 is 0 Å². The first-order valence-corrected chi connectivity index (χ1v) is 7.52. The second-order valence-electron chi connectivity index (χ2n) is 5.51. The van der Waals surface area contributed by atoms with Crippen LogP contribution in [0.15, 0.2) is 12.0 Å². The van der Waals surface area contributed by atoms with Crippen molar-refractivity contribution in [2.75, 3.05) is 0 Å². The third kappa shape index (κ3) is 2.07. The number of carbonyl (C=O) groups is 1. The molecule has 21 heavy (non-hydrogen) atoms. The Labute approximate surface area is 118 Å². The molecule has 6 nitrogen and oxygen atoms in total. The third-order valence-corrected chi connectivity index (χ3v) is 5.07. The lowest BCUT2D eigenvalue weighted by Gasteiger charge is -2.26. The van der Waals surface area contributed by atoms with Crippen molar-refractivity contribution in [3.63, 3.8) is 0 Å². The molecule has 0 radical (unpaired) electrons. The van der Waals surface area contributed by atoms with Gasteiger partial charge >= 0.3 is 21.6 Å². The Balaban J connectivity index is 1.87. The number of halogens is 3. The molecule has 3 rings (SSSR count). The monoisotopic (exact) mass is 328 g/mol. The van der Waals surface area contributed by atoms with Crippen LogP contribution in [0.2, 0.25) is 0 Å². The van der Waals surface area contributed by atoms with Gasteiger partial charge in [-0.05, 0) is 6.92 Å². The highest BCUT2D eigenvalue weighted by Crippen LogP contribution is 2.55. The first kappa shape index (κ1) is 14.5. The lowest BCUT2D eigenvalue weighted by atomic mass is 9.85. The highest BCUT2D eigenvalue weighted by molar-refractivity contribution is 7.87. The number of carbonyl (C=O) groups excluding carboxylic acids is 1. The number of fused-ring (bicyclic) bond motifs is 3. The molecular weight excluding hydrogens is 317 g/mol. The molecule has 1 aliphatic carbocycles. The Morgan fingerprint density at radius 3 is 2.71 bits per heavy atom. The molecule has 0 aromatic rings. The molecule has 0 amide bonds. The summed E-state index contributed by atoms with van der Waals surface area (Å²) in [5, 5.41) is 0. The summed E-state index contributed by atoms with van der Waals surface area (Å²) in [7, 11) is -5.76. The Bertz CT molecular complexity index is 624. The molecule has 2 fully saturated rings. The van der Waals surface area contributed by atoms with Crippen LogP contribution in [0.4, 0.5) is 13.2 Å². The van der Waals surface area contributed by atoms with Gasteiger partial charge in [0.15, 0.2) is 5.76 Å². The SMILES string of the molecule is C[C@@]12C[C@@H]3OC(=O)C[C@@H]3[C@@H]1C(OS(=O)(=O)C(F)(F)F)=CO2. The van der Waals surface area contributed by atoms with Gasteiger partial charge in [-0.3, -0.25) is 4.79 Å². The van der Waals surface area contributed by atoms with E-state index in [1.807, 2.05) is 0 Å². The molecule has 0 N–H and O–H groups in total. The normalized spacial score (nSPS) is 38.4. The predicted molar refractivity (Wildman–Crippen MR) is 59.7 cm³/mol. The molecule has 2 heterocycles. The second-order valence-corrected chi connectivity index (χ2v) is 7.05. The first-order chi connectivity index (χ1) is 9.53. The van der Waals surface area contributed by atoms with Gasteiger partial charge in [0.2, 0.25) is 0 Å². The van der Waals surface area contributed by atoms with Gasteiger partial charge in [0.05, 0.1) is 12.3 Å². The molecule has 0 aromatic carbocycles. The number of rotatable bonds is 2. The molecule has 0 bridgehead atoms. The topological polar surface area (TPSA) is 78.9 Å². The van der Waals surface area contributed by atoms with Crippen LogP contribution in [-0.4, -0.2) is 31.6 Å². The van der Waals surface area contributed by atoms with Crippen LogP contribution < -0.4 is 0 Å². The number of hydrogen-bond donors (Lipinski definition) is 0. The first-order valence-electron chi connectivity index (χ1n) is 6.12. The Hall–Kier alpha value is -1.45. The molecule has 1 saturated carbocycles. The largest absolute Gasteiger partial charge is 0.534 e. The summed E-state index contributed by atoms with van der Waals surface area (Å²) >= 11 is 0. The van der Waals surface area contributed by atoms with E-state index >= 15 is 0 Å². The highest BCUT2D eigenvalue weighted by atomic mass is 32.2. The van der Waals surface area contributed by atoms with E-state index in [0.717, 1.165) is 6.26 Å². The summed E-state index contributed by atoms with van der Waals surface area (Å²) < 4.78 is 74.0. The van der Waals surface area contributed by atoms with Gasteiger partial charge in [-0.2, -0.15) is 21.6 Å². The van der Waals surface area contributed by atoms with Crippen molar-refractivity contribution in [3.05, 3.63) is 12.0 Å². The van der Waals surface area contributed by atoms with Crippen molar-refractivity contribution in [2.24, 2.45) is 11.8 Å². The standard InChI is InChI=1S/C11H11F3O6S/c1-10-3-6-5(2-8(15)19-6)9(10)7(4-18-10)20-21(16,17)11(12,13)14/h4-6,9H,2-3H2,1H3/t5-,6-,9+,10+/m0/s1. The van der Waals surface area contributed by atoms with Gasteiger partial charge in [0.25, 0.3) is 0 Å². The van der Waals surface area contributed by atoms with Gasteiger partial charge in [0.1, 0.15) is 18.0 Å². The zero-order valence-electron chi connectivity index (χ0n) is 10.7. The average Bonchev–Trinajstić information content (AvgIpc) is 2.85. The van der Waals surface area contributed by atoms with Crippen molar-refractivity contribution >= 4 is 16.1 Å². The van der Waals surface area contributed by atoms with Crippen LogP contribution in [0.1, 0.15) is 19.8 Å². The van der Waals surface area contributed by atoms with Crippen LogP contribution in [0.25, 0.3) is 0 Å². The van der Waals surface area contributed by atoms with Crippen LogP contribution in [0.3, 0.4) is 0 Å². The van der Waals surface area contributed by atoms with E-state index in [1.54, 1.807) is 6.92 Å². The van der Waals surface area contributed by atoms with Gasteiger partial charge in [-0.15, -0.1) is 0 Å². The lowest BCUT2D eigenvalue weighted by Crippen LogP contribution is -2.33. The maximum Gasteiger partial charge on any atom is 0.534 e. The Kier molecular flexibility index (Phi) is 2.80. The Morgan fingerprint density at radius 2 is 2.10 bits per heavy atom. The summed E-state index contributed by atoms with van der Waals surface area (Å²) in [4.78, 5) is 11.3. The number of alkyl halides is 3. The van der Waals surface area contributed by atoms with E-state index in [4.69, 9.17) is 9.47 Å². The fourth-order valence-electron chi connectivity index (χ4n) is 3.28. The van der Waals surface area contributed by atoms with Gasteiger partial charge in [-0.25, -0.2) is 0 Å². The number of esters is 1. The third-order valence-electron chi connectivity index (χ3n) is 4.10. The maximum atomic E-state index is 12.4. The van der Waals surface area contributed by atoms with Crippen molar-refractivity contribution in [1.29, 1.82) is 0 Å². The van der Waals surface area contributed by atoms with E-state index in [0.29, 0.717) is 0 Å². The van der Waals surface area contributed by atoms with E-state index < -0.39 is 50.9 Å². The lowest BCUT2D eigenvalue weighted by molar-refractivity contribution is -0.142. The smallest absolute Gasteiger partial charge is 0.491 e. The summed E-state index contributed by atoms with van der Waals surface area (Å²) in [6.45, 7) is 1.62. The molecule has 3 aliphatic rings. The van der Waals surface area contributed by atoms with Crippen LogP contribution in [0.5, 0.6) is 0 Å². The molecule has 0 aromatic heterocycles. The maximum absolute atomic E-state index is 12.4. The minimum absolute atomic E-state index is 0.00104. The van der Waals surface area contributed by atoms with Crippen molar-refractivity contribution in [3.8, 4) is 0 Å². The zero-order chi connectivity index (χ0) is 15.6. The fraction of sp³-hybridized carbons (Fsp3) is 0.727. The molecule has 4 atom stereocenters. The second kappa shape index (κ2) is 4.05. The molecular formula is C11H11F3O6S. The minimum Gasteiger partial charge on any atom is -0.491 e. The molecule has 2 aliphatic heterocycles. The van der Waals surface area contributed by atoms with E-state index in [2.05, 4.69) is 4.18 Å². The summed E-state index contributed by atoms with van der Waals surface area (Å²) in [6.07, 6.45) is 0.672. The molecule has 10 heteroatoms. The van der Waals surface area contributed by atoms with Crippen molar-refractivity contribution in [2.45, 2.75) is 37.0 Å². The van der Waals surface area contributed by atoms with Gasteiger partial charge in [0, 0.05) is 12.3 Å². The summed E-state index contributed by atoms with van der Waals surface area (Å²) in [6, 6.07) is 0. The predicted octanol–water partition coefficient (Wildman–Crippen LogP) is 1.43.